The number of nitrogen functional groups attached to an aromatic ring is 1. The minimum atomic E-state index is -0.362. The summed E-state index contributed by atoms with van der Waals surface area (Å²) in [5.74, 6) is 0.769. The van der Waals surface area contributed by atoms with Gasteiger partial charge in [-0.15, -0.1) is 0 Å². The summed E-state index contributed by atoms with van der Waals surface area (Å²) in [4.78, 5) is 19.1. The minimum Gasteiger partial charge on any atom is -0.481 e. The maximum absolute atomic E-state index is 14.4. The zero-order valence-corrected chi connectivity index (χ0v) is 20.8. The number of ether oxygens (including phenoxy) is 2. The summed E-state index contributed by atoms with van der Waals surface area (Å²) in [6.45, 7) is 4.60. The predicted octanol–water partition coefficient (Wildman–Crippen LogP) is 2.52. The van der Waals surface area contributed by atoms with Crippen LogP contribution in [0.5, 0.6) is 5.88 Å². The molecular formula is C26H30FN7O3. The Kier molecular flexibility index (Phi) is 7.42. The van der Waals surface area contributed by atoms with Gasteiger partial charge in [0.05, 0.1) is 48.5 Å². The number of nitrogens with two attached hydrogens (primary N) is 1. The van der Waals surface area contributed by atoms with Gasteiger partial charge in [-0.3, -0.25) is 0 Å². The largest absolute Gasteiger partial charge is 0.481 e. The molecule has 1 aromatic carbocycles. The molecule has 1 fully saturated rings. The molecule has 3 aromatic rings. The monoisotopic (exact) mass is 507 g/mol. The van der Waals surface area contributed by atoms with Crippen LogP contribution in [0.1, 0.15) is 35.0 Å². The maximum Gasteiger partial charge on any atom is 0.220 e. The van der Waals surface area contributed by atoms with Crippen LogP contribution in [0.25, 0.3) is 11.3 Å². The third-order valence-corrected chi connectivity index (χ3v) is 6.42. The van der Waals surface area contributed by atoms with Crippen LogP contribution >= 0.6 is 0 Å². The molecule has 2 aliphatic heterocycles. The molecule has 5 rings (SSSR count). The van der Waals surface area contributed by atoms with E-state index in [-0.39, 0.29) is 23.9 Å². The summed E-state index contributed by atoms with van der Waals surface area (Å²) in [5, 5.41) is 11.2. The molecule has 2 atom stereocenters. The number of rotatable bonds is 7. The predicted molar refractivity (Wildman–Crippen MR) is 137 cm³/mol. The van der Waals surface area contributed by atoms with Crippen molar-refractivity contribution in [2.75, 3.05) is 39.1 Å². The molecule has 1 saturated heterocycles. The molecule has 2 aromatic heterocycles. The van der Waals surface area contributed by atoms with E-state index in [1.54, 1.807) is 19.2 Å². The molecule has 10 nitrogen and oxygen atoms in total. The number of hydrogen-bond acceptors (Lipinski definition) is 9. The average Bonchev–Trinajstić information content (AvgIpc) is 2.91. The second-order valence-corrected chi connectivity index (χ2v) is 8.95. The number of halogens is 1. The number of methoxy groups -OCH3 is 1. The molecule has 0 spiro atoms. The summed E-state index contributed by atoms with van der Waals surface area (Å²) >= 11 is 0. The van der Waals surface area contributed by atoms with Crippen LogP contribution in [0.2, 0.25) is 0 Å². The molecular weight excluding hydrogens is 477 g/mol. The quantitative estimate of drug-likeness (QED) is 0.326. The van der Waals surface area contributed by atoms with E-state index in [4.69, 9.17) is 20.0 Å². The molecule has 194 valence electrons. The van der Waals surface area contributed by atoms with Crippen LogP contribution in [0, 0.1) is 12.7 Å². The molecule has 0 bridgehead atoms. The third-order valence-electron chi connectivity index (χ3n) is 6.42. The molecule has 2 aliphatic rings. The van der Waals surface area contributed by atoms with Crippen molar-refractivity contribution in [1.82, 2.24) is 25.6 Å². The highest BCUT2D eigenvalue weighted by Crippen LogP contribution is 2.34. The van der Waals surface area contributed by atoms with Gasteiger partial charge in [-0.05, 0) is 30.7 Å². The average molecular weight is 508 g/mol. The number of anilines is 1. The van der Waals surface area contributed by atoms with Crippen molar-refractivity contribution >= 4 is 11.8 Å². The summed E-state index contributed by atoms with van der Waals surface area (Å²) in [6, 6.07) is 9.75. The number of nitrogens with zero attached hydrogens (tertiary/aromatic N) is 4. The van der Waals surface area contributed by atoms with Crippen LogP contribution in [0.4, 0.5) is 10.3 Å². The molecule has 0 aliphatic carbocycles. The van der Waals surface area contributed by atoms with Crippen molar-refractivity contribution in [3.05, 3.63) is 64.7 Å². The summed E-state index contributed by atoms with van der Waals surface area (Å²) in [7, 11) is 1.55. The Hall–Kier alpha value is -3.83. The van der Waals surface area contributed by atoms with E-state index < -0.39 is 0 Å². The first-order valence-corrected chi connectivity index (χ1v) is 12.2. The van der Waals surface area contributed by atoms with Crippen LogP contribution in [-0.4, -0.2) is 60.3 Å². The number of aryl methyl sites for hydroxylation is 1. The number of aromatic nitrogens is 3. The number of fused-ring (bicyclic) bond motifs is 1. The van der Waals surface area contributed by atoms with Crippen molar-refractivity contribution in [3.63, 3.8) is 0 Å². The van der Waals surface area contributed by atoms with Crippen molar-refractivity contribution in [2.45, 2.75) is 31.9 Å². The van der Waals surface area contributed by atoms with Crippen molar-refractivity contribution in [2.24, 2.45) is 5.16 Å². The minimum absolute atomic E-state index is 0.0929. The maximum atomic E-state index is 14.4. The summed E-state index contributed by atoms with van der Waals surface area (Å²) in [5.41, 5.74) is 10.2. The first-order chi connectivity index (χ1) is 18.0. The van der Waals surface area contributed by atoms with Crippen LogP contribution < -0.4 is 21.1 Å². The number of benzene rings is 1. The molecule has 1 unspecified atom stereocenters. The smallest absolute Gasteiger partial charge is 0.220 e. The van der Waals surface area contributed by atoms with Gasteiger partial charge in [0.25, 0.3) is 0 Å². The van der Waals surface area contributed by atoms with E-state index in [1.807, 2.05) is 19.1 Å². The Labute approximate surface area is 214 Å². The third kappa shape index (κ3) is 5.62. The Morgan fingerprint density at radius 2 is 2.11 bits per heavy atom. The number of pyridine rings is 1. The van der Waals surface area contributed by atoms with Gasteiger partial charge in [0.1, 0.15) is 12.4 Å². The number of hydrogen-bond donors (Lipinski definition) is 3. The molecule has 11 heteroatoms. The van der Waals surface area contributed by atoms with Gasteiger partial charge >= 0.3 is 0 Å². The Morgan fingerprint density at radius 1 is 1.22 bits per heavy atom. The van der Waals surface area contributed by atoms with Gasteiger partial charge in [-0.1, -0.05) is 17.3 Å². The van der Waals surface area contributed by atoms with Gasteiger partial charge < -0.3 is 30.7 Å². The Bertz CT molecular complexity index is 1300. The normalized spacial score (nSPS) is 20.2. The van der Waals surface area contributed by atoms with E-state index in [1.165, 1.54) is 12.1 Å². The topological polar surface area (TPSA) is 129 Å². The summed E-state index contributed by atoms with van der Waals surface area (Å²) in [6.07, 6.45) is 1.29. The lowest BCUT2D eigenvalue weighted by Gasteiger charge is -2.29. The number of morpholine rings is 1. The lowest BCUT2D eigenvalue weighted by Crippen LogP contribution is -2.39. The fraction of sp³-hybridized carbons (Fsp3) is 0.385. The number of amidine groups is 1. The highest BCUT2D eigenvalue weighted by molar-refractivity contribution is 6.01. The van der Waals surface area contributed by atoms with E-state index in [0.29, 0.717) is 54.7 Å². The van der Waals surface area contributed by atoms with Gasteiger partial charge in [0.2, 0.25) is 11.8 Å². The fourth-order valence-electron chi connectivity index (χ4n) is 4.68. The lowest BCUT2D eigenvalue weighted by molar-refractivity contribution is 0.00346. The van der Waals surface area contributed by atoms with Crippen molar-refractivity contribution < 1.29 is 18.7 Å². The highest BCUT2D eigenvalue weighted by Gasteiger charge is 2.30. The Morgan fingerprint density at radius 3 is 2.92 bits per heavy atom. The van der Waals surface area contributed by atoms with E-state index in [0.717, 1.165) is 29.9 Å². The second-order valence-electron chi connectivity index (χ2n) is 8.95. The molecule has 0 saturated carbocycles. The Balaban J connectivity index is 1.46. The first-order valence-electron chi connectivity index (χ1n) is 12.2. The lowest BCUT2D eigenvalue weighted by atomic mass is 9.90. The molecule has 37 heavy (non-hydrogen) atoms. The standard InChI is InChI=1S/C26H30FN7O3/c1-15-24-22(33-26(28)30-15)13-21(32-25(24)34-37-10-8-17-14-29-9-11-36-17)18-7-6-16(27)12-19(18)20-4-3-5-23(31-20)35-2/h3-7,12,17,21,29H,8-11,13-14H2,1-2H3,(H,32,34)(H2,28,30,33)/t17?,21-/m1/s1. The highest BCUT2D eigenvalue weighted by atomic mass is 19.1. The first kappa shape index (κ1) is 24.8. The van der Waals surface area contributed by atoms with Crippen molar-refractivity contribution in [3.8, 4) is 17.1 Å². The van der Waals surface area contributed by atoms with Gasteiger partial charge in [-0.25, -0.2) is 19.3 Å². The van der Waals surface area contributed by atoms with Gasteiger partial charge in [0.15, 0.2) is 5.84 Å². The van der Waals surface area contributed by atoms with E-state index in [2.05, 4.69) is 30.7 Å². The van der Waals surface area contributed by atoms with Crippen LogP contribution in [0.15, 0.2) is 41.6 Å². The SMILES string of the molecule is COc1cccc(-c2cc(F)ccc2[C@H]2Cc3nc(N)nc(C)c3/C(=N/OCCC3CNCCO3)N2)n1. The second kappa shape index (κ2) is 11.1. The zero-order chi connectivity index (χ0) is 25.8. The molecule has 4 heterocycles. The molecule has 0 radical (unpaired) electrons. The van der Waals surface area contributed by atoms with Gasteiger partial charge in [-0.2, -0.15) is 0 Å². The van der Waals surface area contributed by atoms with E-state index >= 15 is 0 Å². The summed E-state index contributed by atoms with van der Waals surface area (Å²) < 4.78 is 25.4. The number of oxime groups is 1. The van der Waals surface area contributed by atoms with Crippen molar-refractivity contribution in [1.29, 1.82) is 0 Å². The van der Waals surface area contributed by atoms with Crippen LogP contribution in [0.3, 0.4) is 0 Å². The van der Waals surface area contributed by atoms with E-state index in [9.17, 15) is 4.39 Å². The number of nitrogens with one attached hydrogen (secondary N) is 2. The fourth-order valence-corrected chi connectivity index (χ4v) is 4.68. The molecule has 0 amide bonds. The molecule has 4 N–H and O–H groups in total. The van der Waals surface area contributed by atoms with Crippen LogP contribution in [-0.2, 0) is 16.0 Å². The van der Waals surface area contributed by atoms with Gasteiger partial charge in [0, 0.05) is 37.6 Å². The zero-order valence-electron chi connectivity index (χ0n) is 20.8.